The lowest BCUT2D eigenvalue weighted by Crippen LogP contribution is -2.21. The molecule has 3 aromatic rings. The van der Waals surface area contributed by atoms with Crippen molar-refractivity contribution < 1.29 is 4.79 Å². The summed E-state index contributed by atoms with van der Waals surface area (Å²) in [6, 6.07) is 12.5. The van der Waals surface area contributed by atoms with Crippen LogP contribution in [0.5, 0.6) is 0 Å². The quantitative estimate of drug-likeness (QED) is 0.268. The molecule has 0 saturated carbocycles. The zero-order chi connectivity index (χ0) is 22.5. The van der Waals surface area contributed by atoms with E-state index in [2.05, 4.69) is 60.3 Å². The predicted molar refractivity (Wildman–Crippen MR) is 131 cm³/mol. The lowest BCUT2D eigenvalue weighted by molar-refractivity contribution is -0.116. The van der Waals surface area contributed by atoms with Gasteiger partial charge in [0.05, 0.1) is 5.75 Å². The molecule has 0 unspecified atom stereocenters. The lowest BCUT2D eigenvalue weighted by Gasteiger charge is -2.12. The Labute approximate surface area is 193 Å². The van der Waals surface area contributed by atoms with Gasteiger partial charge in [0.2, 0.25) is 5.91 Å². The Morgan fingerprint density at radius 2 is 1.77 bits per heavy atom. The van der Waals surface area contributed by atoms with Crippen LogP contribution in [0.2, 0.25) is 0 Å². The van der Waals surface area contributed by atoms with Crippen LogP contribution in [0.1, 0.15) is 28.1 Å². The molecule has 0 aliphatic carbocycles. The minimum atomic E-state index is -0.146. The number of hydrogen-bond donors (Lipinski definition) is 1. The van der Waals surface area contributed by atoms with Crippen molar-refractivity contribution in [2.75, 3.05) is 5.32 Å². The maximum absolute atomic E-state index is 12.8. The first-order chi connectivity index (χ1) is 14.8. The van der Waals surface area contributed by atoms with Crippen LogP contribution in [-0.2, 0) is 23.6 Å². The summed E-state index contributed by atoms with van der Waals surface area (Å²) in [7, 11) is 0. The topological polar surface area (TPSA) is 51.9 Å². The summed E-state index contributed by atoms with van der Waals surface area (Å²) >= 11 is 7.30. The van der Waals surface area contributed by atoms with Crippen molar-refractivity contribution in [2.24, 2.45) is 0 Å². The number of benzene rings is 2. The fraction of sp³-hybridized carbons (Fsp3) is 0.292. The van der Waals surface area contributed by atoms with Gasteiger partial charge in [-0.1, -0.05) is 41.5 Å². The van der Waals surface area contributed by atoms with Crippen LogP contribution in [0, 0.1) is 32.5 Å². The molecule has 3 rings (SSSR count). The minimum Gasteiger partial charge on any atom is -0.324 e. The second-order valence-electron chi connectivity index (χ2n) is 7.68. The molecule has 0 aliphatic rings. The van der Waals surface area contributed by atoms with Crippen LogP contribution in [0.4, 0.5) is 5.69 Å². The number of rotatable bonds is 8. The molecule has 5 nitrogen and oxygen atoms in total. The van der Waals surface area contributed by atoms with E-state index in [4.69, 9.17) is 12.2 Å². The summed E-state index contributed by atoms with van der Waals surface area (Å²) < 4.78 is 4.05. The molecule has 1 aromatic heterocycles. The second-order valence-corrected chi connectivity index (χ2v) is 9.09. The van der Waals surface area contributed by atoms with E-state index in [1.165, 1.54) is 16.0 Å². The van der Waals surface area contributed by atoms with E-state index in [9.17, 15) is 4.79 Å². The average Bonchev–Trinajstić information content (AvgIpc) is 2.99. The molecule has 0 saturated heterocycles. The third-order valence-electron chi connectivity index (χ3n) is 4.93. The Kier molecular flexibility index (Phi) is 7.51. The van der Waals surface area contributed by atoms with Crippen LogP contribution in [-0.4, -0.2) is 20.3 Å². The number of aromatic nitrogens is 3. The summed E-state index contributed by atoms with van der Waals surface area (Å²) in [6.45, 7) is 12.6. The molecule has 0 bridgehead atoms. The van der Waals surface area contributed by atoms with Crippen LogP contribution >= 0.6 is 24.0 Å². The maximum Gasteiger partial charge on any atom is 0.246 e. The molecule has 1 amide bonds. The second kappa shape index (κ2) is 10.1. The van der Waals surface area contributed by atoms with Gasteiger partial charge >= 0.3 is 0 Å². The number of allylic oxidation sites excluding steroid dienone is 1. The summed E-state index contributed by atoms with van der Waals surface area (Å²) in [6.07, 6.45) is 1.79. The van der Waals surface area contributed by atoms with Crippen LogP contribution < -0.4 is 5.32 Å². The highest BCUT2D eigenvalue weighted by Gasteiger charge is 2.15. The molecule has 7 heteroatoms. The molecular weight excluding hydrogens is 424 g/mol. The van der Waals surface area contributed by atoms with Crippen LogP contribution in [0.15, 0.2) is 53.9 Å². The Bertz CT molecular complexity index is 1140. The highest BCUT2D eigenvalue weighted by molar-refractivity contribution is 7.98. The lowest BCUT2D eigenvalue weighted by atomic mass is 10.1. The third kappa shape index (κ3) is 5.74. The molecule has 0 radical (unpaired) electrons. The van der Waals surface area contributed by atoms with E-state index in [0.29, 0.717) is 17.1 Å². The van der Waals surface area contributed by atoms with Gasteiger partial charge < -0.3 is 5.32 Å². The Morgan fingerprint density at radius 1 is 1.13 bits per heavy atom. The third-order valence-corrected chi connectivity index (χ3v) is 6.37. The molecular formula is C24H28N4OS2. The highest BCUT2D eigenvalue weighted by Crippen LogP contribution is 2.24. The van der Waals surface area contributed by atoms with Crippen molar-refractivity contribution in [3.8, 4) is 0 Å². The zero-order valence-electron chi connectivity index (χ0n) is 18.4. The summed E-state index contributed by atoms with van der Waals surface area (Å²) in [5.74, 6) is 1.34. The molecule has 0 atom stereocenters. The SMILES string of the molecule is C=CCn1c(CSc2ccc(C)cc2)nn(CC(=O)Nc2c(C)cc(C)cc2C)c1=S. The largest absolute Gasteiger partial charge is 0.324 e. The maximum atomic E-state index is 12.8. The normalized spacial score (nSPS) is 10.8. The van der Waals surface area contributed by atoms with Crippen molar-refractivity contribution in [1.82, 2.24) is 14.3 Å². The molecule has 2 aromatic carbocycles. The smallest absolute Gasteiger partial charge is 0.246 e. The van der Waals surface area contributed by atoms with Crippen molar-refractivity contribution in [2.45, 2.75) is 51.4 Å². The van der Waals surface area contributed by atoms with Gasteiger partial charge in [-0.3, -0.25) is 9.36 Å². The van der Waals surface area contributed by atoms with Crippen molar-refractivity contribution >= 4 is 35.6 Å². The Hall–Kier alpha value is -2.64. The standard InChI is InChI=1S/C24H28N4OS2/c1-6-11-27-21(15-31-20-9-7-16(2)8-10-20)26-28(24(27)30)14-22(29)25-23-18(4)12-17(3)13-19(23)5/h6-10,12-13H,1,11,14-15H2,2-5H3,(H,25,29). The number of aryl methyl sites for hydroxylation is 4. The number of carbonyl (C=O) groups is 1. The molecule has 0 fully saturated rings. The summed E-state index contributed by atoms with van der Waals surface area (Å²) in [5, 5.41) is 7.67. The van der Waals surface area contributed by atoms with Gasteiger partial charge in [0.1, 0.15) is 12.4 Å². The Morgan fingerprint density at radius 3 is 2.39 bits per heavy atom. The summed E-state index contributed by atoms with van der Waals surface area (Å²) in [5.41, 5.74) is 5.34. The van der Waals surface area contributed by atoms with Crippen molar-refractivity contribution in [3.63, 3.8) is 0 Å². The number of anilines is 1. The van der Waals surface area contributed by atoms with Gasteiger partial charge in [0.15, 0.2) is 4.77 Å². The first-order valence-electron chi connectivity index (χ1n) is 10.1. The van der Waals surface area contributed by atoms with Crippen molar-refractivity contribution in [3.05, 3.63) is 81.9 Å². The number of amides is 1. The molecule has 1 heterocycles. The Balaban J connectivity index is 1.77. The average molecular weight is 453 g/mol. The minimum absolute atomic E-state index is 0.0674. The van der Waals surface area contributed by atoms with Crippen LogP contribution in [0.3, 0.4) is 0 Å². The van der Waals surface area contributed by atoms with Gasteiger partial charge in [-0.2, -0.15) is 5.10 Å². The van der Waals surface area contributed by atoms with Gasteiger partial charge in [-0.05, 0) is 63.2 Å². The van der Waals surface area contributed by atoms with E-state index in [1.807, 2.05) is 25.3 Å². The van der Waals surface area contributed by atoms with Gasteiger partial charge in [-0.15, -0.1) is 18.3 Å². The first kappa shape index (κ1) is 23.0. The highest BCUT2D eigenvalue weighted by atomic mass is 32.2. The van der Waals surface area contributed by atoms with Crippen molar-refractivity contribution in [1.29, 1.82) is 0 Å². The van der Waals surface area contributed by atoms with Gasteiger partial charge in [-0.25, -0.2) is 4.68 Å². The van der Waals surface area contributed by atoms with E-state index in [1.54, 1.807) is 22.5 Å². The number of thioether (sulfide) groups is 1. The molecule has 1 N–H and O–H groups in total. The zero-order valence-corrected chi connectivity index (χ0v) is 20.1. The van der Waals surface area contributed by atoms with Gasteiger partial charge in [0.25, 0.3) is 0 Å². The molecule has 0 spiro atoms. The number of carbonyl (C=O) groups excluding carboxylic acids is 1. The van der Waals surface area contributed by atoms with Crippen LogP contribution in [0.25, 0.3) is 0 Å². The van der Waals surface area contributed by atoms with E-state index >= 15 is 0 Å². The molecule has 162 valence electrons. The fourth-order valence-corrected chi connectivity index (χ4v) is 4.61. The van der Waals surface area contributed by atoms with Gasteiger partial charge in [0, 0.05) is 17.1 Å². The predicted octanol–water partition coefficient (Wildman–Crippen LogP) is 5.76. The fourth-order valence-electron chi connectivity index (χ4n) is 3.48. The van der Waals surface area contributed by atoms with E-state index < -0.39 is 0 Å². The number of hydrogen-bond acceptors (Lipinski definition) is 4. The molecule has 31 heavy (non-hydrogen) atoms. The monoisotopic (exact) mass is 452 g/mol. The molecule has 0 aliphatic heterocycles. The summed E-state index contributed by atoms with van der Waals surface area (Å²) in [4.78, 5) is 13.9. The first-order valence-corrected chi connectivity index (χ1v) is 11.5. The number of nitrogens with zero attached hydrogens (tertiary/aromatic N) is 3. The van der Waals surface area contributed by atoms with E-state index in [0.717, 1.165) is 22.6 Å². The number of nitrogens with one attached hydrogen (secondary N) is 1. The van der Waals surface area contributed by atoms with E-state index in [-0.39, 0.29) is 12.5 Å².